The molecular formula is C20H28N4O. The molecule has 0 saturated heterocycles. The molecule has 5 heteroatoms. The van der Waals surface area contributed by atoms with Gasteiger partial charge in [0.15, 0.2) is 5.96 Å². The second kappa shape index (κ2) is 10.3. The van der Waals surface area contributed by atoms with Crippen molar-refractivity contribution in [3.05, 3.63) is 59.8 Å². The van der Waals surface area contributed by atoms with Gasteiger partial charge in [-0.2, -0.15) is 0 Å². The summed E-state index contributed by atoms with van der Waals surface area (Å²) >= 11 is 0. The predicted molar refractivity (Wildman–Crippen MR) is 103 cm³/mol. The van der Waals surface area contributed by atoms with E-state index in [1.165, 1.54) is 0 Å². The van der Waals surface area contributed by atoms with Crippen molar-refractivity contribution in [3.8, 4) is 5.88 Å². The fourth-order valence-electron chi connectivity index (χ4n) is 2.26. The van der Waals surface area contributed by atoms with Gasteiger partial charge < -0.3 is 15.4 Å². The molecule has 134 valence electrons. The Bertz CT molecular complexity index is 656. The summed E-state index contributed by atoms with van der Waals surface area (Å²) in [6, 6.07) is 14.0. The van der Waals surface area contributed by atoms with E-state index in [0.29, 0.717) is 24.9 Å². The van der Waals surface area contributed by atoms with Crippen LogP contribution in [0.25, 0.3) is 0 Å². The van der Waals surface area contributed by atoms with Crippen molar-refractivity contribution in [1.82, 2.24) is 15.6 Å². The Morgan fingerprint density at radius 1 is 1.12 bits per heavy atom. The minimum Gasteiger partial charge on any atom is -0.473 e. The van der Waals surface area contributed by atoms with Crippen molar-refractivity contribution in [3.63, 3.8) is 0 Å². The molecule has 2 rings (SSSR count). The number of benzene rings is 1. The van der Waals surface area contributed by atoms with Gasteiger partial charge in [0.05, 0.1) is 0 Å². The van der Waals surface area contributed by atoms with E-state index in [1.54, 1.807) is 13.2 Å². The summed E-state index contributed by atoms with van der Waals surface area (Å²) in [5.74, 6) is 2.12. The number of hydrogen-bond donors (Lipinski definition) is 2. The number of aromatic nitrogens is 1. The predicted octanol–water partition coefficient (Wildman–Crippen LogP) is 3.37. The second-order valence-electron chi connectivity index (χ2n) is 6.31. The van der Waals surface area contributed by atoms with Crippen LogP contribution in [0.3, 0.4) is 0 Å². The fourth-order valence-corrected chi connectivity index (χ4v) is 2.26. The van der Waals surface area contributed by atoms with E-state index in [-0.39, 0.29) is 0 Å². The molecule has 0 aliphatic rings. The van der Waals surface area contributed by atoms with E-state index in [4.69, 9.17) is 4.74 Å². The number of ether oxygens (including phenoxy) is 1. The molecule has 0 radical (unpaired) electrons. The Balaban J connectivity index is 1.82. The van der Waals surface area contributed by atoms with Crippen LogP contribution in [0, 0.1) is 5.92 Å². The molecule has 0 aliphatic carbocycles. The third-order valence-electron chi connectivity index (χ3n) is 3.73. The lowest BCUT2D eigenvalue weighted by Gasteiger charge is -2.13. The van der Waals surface area contributed by atoms with Gasteiger partial charge in [-0.05, 0) is 29.5 Å². The van der Waals surface area contributed by atoms with E-state index < -0.39 is 0 Å². The fraction of sp³-hybridized carbons (Fsp3) is 0.400. The number of pyridine rings is 1. The second-order valence-corrected chi connectivity index (χ2v) is 6.31. The zero-order chi connectivity index (χ0) is 17.9. The van der Waals surface area contributed by atoms with Crippen molar-refractivity contribution in [2.24, 2.45) is 10.9 Å². The first kappa shape index (κ1) is 18.8. The van der Waals surface area contributed by atoms with Crippen LogP contribution in [0.4, 0.5) is 0 Å². The summed E-state index contributed by atoms with van der Waals surface area (Å²) in [6.45, 7) is 6.53. The molecule has 0 unspecified atom stereocenters. The van der Waals surface area contributed by atoms with E-state index in [9.17, 15) is 0 Å². The van der Waals surface area contributed by atoms with Gasteiger partial charge in [0.1, 0.15) is 6.61 Å². The average Bonchev–Trinajstić information content (AvgIpc) is 2.64. The summed E-state index contributed by atoms with van der Waals surface area (Å²) < 4.78 is 5.77. The minimum atomic E-state index is 0.517. The summed E-state index contributed by atoms with van der Waals surface area (Å²) in [5, 5.41) is 6.64. The molecule has 0 fully saturated rings. The van der Waals surface area contributed by atoms with Crippen LogP contribution in [0.1, 0.15) is 31.4 Å². The van der Waals surface area contributed by atoms with Gasteiger partial charge >= 0.3 is 0 Å². The molecule has 1 aromatic heterocycles. The monoisotopic (exact) mass is 340 g/mol. The van der Waals surface area contributed by atoms with Crippen molar-refractivity contribution in [2.45, 2.75) is 33.4 Å². The lowest BCUT2D eigenvalue weighted by Crippen LogP contribution is -2.37. The van der Waals surface area contributed by atoms with Gasteiger partial charge in [0, 0.05) is 32.4 Å². The van der Waals surface area contributed by atoms with Crippen molar-refractivity contribution in [1.29, 1.82) is 0 Å². The van der Waals surface area contributed by atoms with Gasteiger partial charge in [-0.3, -0.25) is 4.99 Å². The lowest BCUT2D eigenvalue weighted by molar-refractivity contribution is 0.293. The third kappa shape index (κ3) is 7.25. The molecular weight excluding hydrogens is 312 g/mol. The van der Waals surface area contributed by atoms with Gasteiger partial charge in [-0.25, -0.2) is 4.98 Å². The molecule has 2 aromatic rings. The first-order valence-corrected chi connectivity index (χ1v) is 8.73. The molecule has 0 saturated carbocycles. The van der Waals surface area contributed by atoms with Crippen LogP contribution in [0.5, 0.6) is 5.88 Å². The van der Waals surface area contributed by atoms with Crippen LogP contribution < -0.4 is 15.4 Å². The highest BCUT2D eigenvalue weighted by Gasteiger charge is 2.02. The standard InChI is InChI=1S/C20H28N4O/c1-16(2)9-11-23-20(21-3)24-14-18-10-12-22-19(13-18)25-15-17-7-5-4-6-8-17/h4-8,10,12-13,16H,9,11,14-15H2,1-3H3,(H2,21,23,24). The third-order valence-corrected chi connectivity index (χ3v) is 3.73. The Labute approximate surface area is 150 Å². The van der Waals surface area contributed by atoms with Crippen LogP contribution >= 0.6 is 0 Å². The number of guanidine groups is 1. The molecule has 2 N–H and O–H groups in total. The molecule has 0 amide bonds. The zero-order valence-electron chi connectivity index (χ0n) is 15.3. The lowest BCUT2D eigenvalue weighted by atomic mass is 10.1. The minimum absolute atomic E-state index is 0.517. The van der Waals surface area contributed by atoms with E-state index in [1.807, 2.05) is 42.5 Å². The molecule has 0 atom stereocenters. The Kier molecular flexibility index (Phi) is 7.76. The maximum absolute atomic E-state index is 5.77. The highest BCUT2D eigenvalue weighted by molar-refractivity contribution is 5.79. The van der Waals surface area contributed by atoms with Gasteiger partial charge in [0.25, 0.3) is 0 Å². The Morgan fingerprint density at radius 2 is 1.92 bits per heavy atom. The topological polar surface area (TPSA) is 58.5 Å². The maximum atomic E-state index is 5.77. The van der Waals surface area contributed by atoms with Gasteiger partial charge in [0.2, 0.25) is 5.88 Å². The van der Waals surface area contributed by atoms with Crippen LogP contribution in [0.2, 0.25) is 0 Å². The summed E-state index contributed by atoms with van der Waals surface area (Å²) in [6.07, 6.45) is 2.89. The van der Waals surface area contributed by atoms with Gasteiger partial charge in [-0.1, -0.05) is 44.2 Å². The Morgan fingerprint density at radius 3 is 2.64 bits per heavy atom. The maximum Gasteiger partial charge on any atom is 0.213 e. The number of rotatable bonds is 8. The summed E-state index contributed by atoms with van der Waals surface area (Å²) in [7, 11) is 1.78. The molecule has 0 bridgehead atoms. The highest BCUT2D eigenvalue weighted by Crippen LogP contribution is 2.11. The SMILES string of the molecule is CN=C(NCCC(C)C)NCc1ccnc(OCc2ccccc2)c1. The highest BCUT2D eigenvalue weighted by atomic mass is 16.5. The number of nitrogens with one attached hydrogen (secondary N) is 2. The summed E-state index contributed by atoms with van der Waals surface area (Å²) in [5.41, 5.74) is 2.23. The molecule has 0 spiro atoms. The van der Waals surface area contributed by atoms with E-state index in [2.05, 4.69) is 34.5 Å². The normalized spacial score (nSPS) is 11.4. The first-order valence-electron chi connectivity index (χ1n) is 8.73. The number of nitrogens with zero attached hydrogens (tertiary/aromatic N) is 2. The van der Waals surface area contributed by atoms with E-state index >= 15 is 0 Å². The van der Waals surface area contributed by atoms with Crippen LogP contribution in [0.15, 0.2) is 53.7 Å². The van der Waals surface area contributed by atoms with E-state index in [0.717, 1.165) is 30.1 Å². The Hall–Kier alpha value is -2.56. The molecule has 1 aromatic carbocycles. The average molecular weight is 340 g/mol. The van der Waals surface area contributed by atoms with Crippen molar-refractivity contribution >= 4 is 5.96 Å². The number of hydrogen-bond acceptors (Lipinski definition) is 3. The molecule has 5 nitrogen and oxygen atoms in total. The number of aliphatic imine (C=N–C) groups is 1. The quantitative estimate of drug-likeness (QED) is 0.571. The zero-order valence-corrected chi connectivity index (χ0v) is 15.3. The van der Waals surface area contributed by atoms with Crippen molar-refractivity contribution < 1.29 is 4.74 Å². The van der Waals surface area contributed by atoms with Crippen LogP contribution in [-0.2, 0) is 13.2 Å². The first-order chi connectivity index (χ1) is 12.2. The largest absolute Gasteiger partial charge is 0.473 e. The molecule has 1 heterocycles. The van der Waals surface area contributed by atoms with Gasteiger partial charge in [-0.15, -0.1) is 0 Å². The van der Waals surface area contributed by atoms with Crippen LogP contribution in [-0.4, -0.2) is 24.5 Å². The smallest absolute Gasteiger partial charge is 0.213 e. The summed E-state index contributed by atoms with van der Waals surface area (Å²) in [4.78, 5) is 8.52. The van der Waals surface area contributed by atoms with Crippen molar-refractivity contribution in [2.75, 3.05) is 13.6 Å². The molecule has 0 aliphatic heterocycles. The molecule has 25 heavy (non-hydrogen) atoms.